The molecule has 1 amide bonds. The standard InChI is InChI=1S/C16H16N2O3S/c1-8-9(2)22-16-13(8)15(20)17-14(18-16)11-6-4-5-7-12(11)21-10(3)19/h4-7,14,18H,1-3H3,(H,17,20). The van der Waals surface area contributed by atoms with Crippen LogP contribution >= 0.6 is 11.3 Å². The predicted octanol–water partition coefficient (Wildman–Crippen LogP) is 3.14. The Labute approximate surface area is 132 Å². The summed E-state index contributed by atoms with van der Waals surface area (Å²) in [4.78, 5) is 24.7. The zero-order chi connectivity index (χ0) is 15.9. The number of hydrogen-bond acceptors (Lipinski definition) is 5. The molecule has 1 aromatic carbocycles. The smallest absolute Gasteiger partial charge is 0.308 e. The number of aryl methyl sites for hydroxylation is 1. The van der Waals surface area contributed by atoms with Crippen LogP contribution in [0.4, 0.5) is 5.00 Å². The number of thiophene rings is 1. The van der Waals surface area contributed by atoms with Crippen LogP contribution in [0.1, 0.15) is 39.5 Å². The van der Waals surface area contributed by atoms with E-state index in [1.165, 1.54) is 6.92 Å². The fourth-order valence-electron chi connectivity index (χ4n) is 2.49. The van der Waals surface area contributed by atoms with Crippen molar-refractivity contribution in [3.63, 3.8) is 0 Å². The van der Waals surface area contributed by atoms with Crippen LogP contribution in [-0.4, -0.2) is 11.9 Å². The first kappa shape index (κ1) is 14.6. The molecule has 6 heteroatoms. The quantitative estimate of drug-likeness (QED) is 0.660. The maximum Gasteiger partial charge on any atom is 0.308 e. The Morgan fingerprint density at radius 3 is 2.68 bits per heavy atom. The summed E-state index contributed by atoms with van der Waals surface area (Å²) in [5.74, 6) is -0.0578. The predicted molar refractivity (Wildman–Crippen MR) is 85.4 cm³/mol. The maximum absolute atomic E-state index is 12.4. The van der Waals surface area contributed by atoms with E-state index in [0.29, 0.717) is 11.3 Å². The van der Waals surface area contributed by atoms with E-state index in [2.05, 4.69) is 10.6 Å². The van der Waals surface area contributed by atoms with Crippen molar-refractivity contribution < 1.29 is 14.3 Å². The Bertz CT molecular complexity index is 767. The van der Waals surface area contributed by atoms with Gasteiger partial charge >= 0.3 is 5.97 Å². The molecule has 0 saturated carbocycles. The summed E-state index contributed by atoms with van der Waals surface area (Å²) in [6, 6.07) is 7.17. The topological polar surface area (TPSA) is 67.4 Å². The van der Waals surface area contributed by atoms with E-state index in [9.17, 15) is 9.59 Å². The lowest BCUT2D eigenvalue weighted by atomic mass is 10.1. The van der Waals surface area contributed by atoms with Gasteiger partial charge in [-0.1, -0.05) is 18.2 Å². The first-order valence-corrected chi connectivity index (χ1v) is 7.73. The molecule has 2 N–H and O–H groups in total. The highest BCUT2D eigenvalue weighted by molar-refractivity contribution is 7.16. The number of carbonyl (C=O) groups excluding carboxylic acids is 2. The highest BCUT2D eigenvalue weighted by atomic mass is 32.1. The van der Waals surface area contributed by atoms with E-state index in [-0.39, 0.29) is 5.91 Å². The molecule has 2 aromatic rings. The van der Waals surface area contributed by atoms with Crippen LogP contribution in [0, 0.1) is 13.8 Å². The van der Waals surface area contributed by atoms with Crippen molar-refractivity contribution in [1.29, 1.82) is 0 Å². The summed E-state index contributed by atoms with van der Waals surface area (Å²) in [5.41, 5.74) is 2.42. The summed E-state index contributed by atoms with van der Waals surface area (Å²) in [7, 11) is 0. The van der Waals surface area contributed by atoms with Crippen molar-refractivity contribution in [3.8, 4) is 5.75 Å². The molecule has 114 valence electrons. The second-order valence-electron chi connectivity index (χ2n) is 5.17. The molecule has 2 heterocycles. The average molecular weight is 316 g/mol. The Morgan fingerprint density at radius 1 is 1.23 bits per heavy atom. The summed E-state index contributed by atoms with van der Waals surface area (Å²) in [5, 5.41) is 7.08. The van der Waals surface area contributed by atoms with E-state index in [0.717, 1.165) is 21.0 Å². The van der Waals surface area contributed by atoms with Crippen LogP contribution in [0.2, 0.25) is 0 Å². The van der Waals surface area contributed by atoms with Crippen molar-refractivity contribution in [2.45, 2.75) is 26.9 Å². The second kappa shape index (κ2) is 5.46. The Morgan fingerprint density at radius 2 is 1.95 bits per heavy atom. The summed E-state index contributed by atoms with van der Waals surface area (Å²) < 4.78 is 5.22. The van der Waals surface area contributed by atoms with Gasteiger partial charge in [0.15, 0.2) is 0 Å². The first-order valence-electron chi connectivity index (χ1n) is 6.92. The molecule has 0 spiro atoms. The second-order valence-corrected chi connectivity index (χ2v) is 6.39. The van der Waals surface area contributed by atoms with Gasteiger partial charge in [0, 0.05) is 17.4 Å². The van der Waals surface area contributed by atoms with Gasteiger partial charge in [-0.25, -0.2) is 0 Å². The average Bonchev–Trinajstić information content (AvgIpc) is 2.74. The fourth-order valence-corrected chi connectivity index (χ4v) is 3.58. The number of para-hydroxylation sites is 1. The van der Waals surface area contributed by atoms with Gasteiger partial charge in [-0.2, -0.15) is 0 Å². The molecule has 0 radical (unpaired) electrons. The number of amides is 1. The number of nitrogens with one attached hydrogen (secondary N) is 2. The zero-order valence-electron chi connectivity index (χ0n) is 12.5. The van der Waals surface area contributed by atoms with Gasteiger partial charge in [-0.3, -0.25) is 9.59 Å². The lowest BCUT2D eigenvalue weighted by molar-refractivity contribution is -0.131. The molecule has 5 nitrogen and oxygen atoms in total. The lowest BCUT2D eigenvalue weighted by Gasteiger charge is -2.27. The minimum absolute atomic E-state index is 0.113. The summed E-state index contributed by atoms with van der Waals surface area (Å²) in [6.07, 6.45) is -0.423. The molecular formula is C16H16N2O3S. The number of anilines is 1. The summed E-state index contributed by atoms with van der Waals surface area (Å²) >= 11 is 1.56. The van der Waals surface area contributed by atoms with Crippen molar-refractivity contribution >= 4 is 28.2 Å². The van der Waals surface area contributed by atoms with Gasteiger partial charge in [0.2, 0.25) is 0 Å². The highest BCUT2D eigenvalue weighted by Crippen LogP contribution is 2.38. The van der Waals surface area contributed by atoms with Gasteiger partial charge < -0.3 is 15.4 Å². The number of esters is 1. The van der Waals surface area contributed by atoms with E-state index >= 15 is 0 Å². The van der Waals surface area contributed by atoms with Crippen LogP contribution < -0.4 is 15.4 Å². The van der Waals surface area contributed by atoms with Gasteiger partial charge in [0.1, 0.15) is 16.9 Å². The van der Waals surface area contributed by atoms with Crippen LogP contribution in [0.5, 0.6) is 5.75 Å². The molecule has 0 bridgehead atoms. The first-order chi connectivity index (χ1) is 10.5. The van der Waals surface area contributed by atoms with Crippen LogP contribution in [0.15, 0.2) is 24.3 Å². The maximum atomic E-state index is 12.4. The third-order valence-corrected chi connectivity index (χ3v) is 4.79. The molecule has 1 aromatic heterocycles. The Balaban J connectivity index is 1.98. The number of hydrogen-bond donors (Lipinski definition) is 2. The van der Waals surface area contributed by atoms with Crippen molar-refractivity contribution in [3.05, 3.63) is 45.8 Å². The summed E-state index contributed by atoms with van der Waals surface area (Å²) in [6.45, 7) is 5.29. The number of benzene rings is 1. The van der Waals surface area contributed by atoms with E-state index < -0.39 is 12.1 Å². The molecule has 0 fully saturated rings. The van der Waals surface area contributed by atoms with Crippen LogP contribution in [0.3, 0.4) is 0 Å². The SMILES string of the molecule is CC(=O)Oc1ccccc1C1NC(=O)c2c(sc(C)c2C)N1. The zero-order valence-corrected chi connectivity index (χ0v) is 13.3. The third kappa shape index (κ3) is 2.46. The molecule has 1 atom stereocenters. The largest absolute Gasteiger partial charge is 0.426 e. The van der Waals surface area contributed by atoms with Gasteiger partial charge in [-0.15, -0.1) is 11.3 Å². The number of ether oxygens (including phenoxy) is 1. The van der Waals surface area contributed by atoms with Gasteiger partial charge in [0.25, 0.3) is 5.91 Å². The Hall–Kier alpha value is -2.34. The molecule has 3 rings (SSSR count). The molecule has 1 unspecified atom stereocenters. The number of rotatable bonds is 2. The molecular weight excluding hydrogens is 300 g/mol. The van der Waals surface area contributed by atoms with Crippen molar-refractivity contribution in [1.82, 2.24) is 5.32 Å². The van der Waals surface area contributed by atoms with E-state index in [1.54, 1.807) is 23.5 Å². The molecule has 1 aliphatic heterocycles. The van der Waals surface area contributed by atoms with E-state index in [1.807, 2.05) is 26.0 Å². The fraction of sp³-hybridized carbons (Fsp3) is 0.250. The minimum Gasteiger partial charge on any atom is -0.426 e. The number of carbonyl (C=O) groups is 2. The number of fused-ring (bicyclic) bond motifs is 1. The molecule has 0 saturated heterocycles. The van der Waals surface area contributed by atoms with Gasteiger partial charge in [0.05, 0.1) is 5.56 Å². The molecule has 0 aliphatic carbocycles. The molecule has 22 heavy (non-hydrogen) atoms. The van der Waals surface area contributed by atoms with Crippen molar-refractivity contribution in [2.24, 2.45) is 0 Å². The normalized spacial score (nSPS) is 16.5. The minimum atomic E-state index is -0.423. The van der Waals surface area contributed by atoms with Crippen molar-refractivity contribution in [2.75, 3.05) is 5.32 Å². The lowest BCUT2D eigenvalue weighted by Crippen LogP contribution is -2.38. The Kier molecular flexibility index (Phi) is 3.62. The molecule has 1 aliphatic rings. The van der Waals surface area contributed by atoms with Crippen LogP contribution in [0.25, 0.3) is 0 Å². The van der Waals surface area contributed by atoms with E-state index in [4.69, 9.17) is 4.74 Å². The monoisotopic (exact) mass is 316 g/mol. The van der Waals surface area contributed by atoms with Crippen LogP contribution in [-0.2, 0) is 4.79 Å². The third-order valence-electron chi connectivity index (χ3n) is 3.65. The van der Waals surface area contributed by atoms with Gasteiger partial charge in [-0.05, 0) is 25.5 Å². The highest BCUT2D eigenvalue weighted by Gasteiger charge is 2.30.